The molecular weight excluding hydrogens is 142 g/mol. The van der Waals surface area contributed by atoms with Crippen LogP contribution in [-0.4, -0.2) is 16.0 Å². The first-order valence-electron chi connectivity index (χ1n) is 3.14. The van der Waals surface area contributed by atoms with Crippen molar-refractivity contribution < 1.29 is 10.3 Å². The van der Waals surface area contributed by atoms with Gasteiger partial charge in [0.1, 0.15) is 0 Å². The fourth-order valence-electron chi connectivity index (χ4n) is 0.696. The highest BCUT2D eigenvalue weighted by molar-refractivity contribution is 5.98. The zero-order valence-electron chi connectivity index (χ0n) is 6.07. The SMILES string of the molecule is C/C(=N\O)c1[c-]cc(O)cc1. The summed E-state index contributed by atoms with van der Waals surface area (Å²) in [6.07, 6.45) is 0. The van der Waals surface area contributed by atoms with E-state index in [0.717, 1.165) is 0 Å². The van der Waals surface area contributed by atoms with Crippen molar-refractivity contribution >= 4 is 5.71 Å². The molecule has 1 aromatic rings. The molecule has 0 aliphatic carbocycles. The van der Waals surface area contributed by atoms with Gasteiger partial charge >= 0.3 is 0 Å². The average Bonchev–Trinajstić information content (AvgIpc) is 2.05. The summed E-state index contributed by atoms with van der Waals surface area (Å²) in [6.45, 7) is 1.66. The summed E-state index contributed by atoms with van der Waals surface area (Å²) >= 11 is 0. The second-order valence-corrected chi connectivity index (χ2v) is 2.15. The van der Waals surface area contributed by atoms with E-state index in [-0.39, 0.29) is 5.75 Å². The molecule has 0 radical (unpaired) electrons. The van der Waals surface area contributed by atoms with E-state index in [1.165, 1.54) is 12.1 Å². The lowest BCUT2D eigenvalue weighted by molar-refractivity contribution is 0.319. The molecule has 2 N–H and O–H groups in total. The van der Waals surface area contributed by atoms with Crippen molar-refractivity contribution in [2.75, 3.05) is 0 Å². The predicted molar refractivity (Wildman–Crippen MR) is 40.9 cm³/mol. The van der Waals surface area contributed by atoms with Crippen LogP contribution in [0.5, 0.6) is 5.75 Å². The normalized spacial score (nSPS) is 11.5. The van der Waals surface area contributed by atoms with Crippen molar-refractivity contribution in [2.45, 2.75) is 6.92 Å². The number of rotatable bonds is 1. The summed E-state index contributed by atoms with van der Waals surface area (Å²) < 4.78 is 0. The van der Waals surface area contributed by atoms with Crippen LogP contribution in [0.2, 0.25) is 0 Å². The summed E-state index contributed by atoms with van der Waals surface area (Å²) in [7, 11) is 0. The first-order chi connectivity index (χ1) is 5.24. The maximum Gasteiger partial charge on any atom is 0.0319 e. The minimum absolute atomic E-state index is 0.152. The van der Waals surface area contributed by atoms with Crippen LogP contribution in [0.3, 0.4) is 0 Å². The summed E-state index contributed by atoms with van der Waals surface area (Å²) in [5, 5.41) is 20.2. The van der Waals surface area contributed by atoms with Crippen LogP contribution in [0.1, 0.15) is 12.5 Å². The average molecular weight is 150 g/mol. The summed E-state index contributed by atoms with van der Waals surface area (Å²) in [5.41, 5.74) is 1.15. The van der Waals surface area contributed by atoms with Crippen LogP contribution >= 0.6 is 0 Å². The molecule has 0 heterocycles. The second-order valence-electron chi connectivity index (χ2n) is 2.15. The van der Waals surface area contributed by atoms with Gasteiger partial charge in [-0.1, -0.05) is 6.92 Å². The van der Waals surface area contributed by atoms with E-state index < -0.39 is 0 Å². The zero-order chi connectivity index (χ0) is 8.27. The first kappa shape index (κ1) is 7.60. The number of hydrogen-bond donors (Lipinski definition) is 2. The lowest BCUT2D eigenvalue weighted by Crippen LogP contribution is -1.92. The van der Waals surface area contributed by atoms with Gasteiger partial charge in [0.25, 0.3) is 0 Å². The molecular formula is C8H8NO2-. The highest BCUT2D eigenvalue weighted by Crippen LogP contribution is 2.09. The third-order valence-corrected chi connectivity index (χ3v) is 1.34. The van der Waals surface area contributed by atoms with E-state index in [4.69, 9.17) is 10.3 Å². The Morgan fingerprint density at radius 3 is 2.73 bits per heavy atom. The Hall–Kier alpha value is -1.51. The molecule has 58 valence electrons. The number of hydrogen-bond acceptors (Lipinski definition) is 3. The molecule has 11 heavy (non-hydrogen) atoms. The standard InChI is InChI=1S/C8H8NO2/c1-6(9-11)7-2-4-8(10)5-3-7/h2,4-5,10-11H,1H3/q-1/b9-6+. The third-order valence-electron chi connectivity index (χ3n) is 1.34. The van der Waals surface area contributed by atoms with Gasteiger partial charge in [0, 0.05) is 11.5 Å². The molecule has 0 saturated heterocycles. The molecule has 0 spiro atoms. The van der Waals surface area contributed by atoms with Crippen molar-refractivity contribution in [3.05, 3.63) is 29.8 Å². The number of oxime groups is 1. The van der Waals surface area contributed by atoms with Gasteiger partial charge in [-0.15, -0.1) is 35.0 Å². The lowest BCUT2D eigenvalue weighted by atomic mass is 10.1. The zero-order valence-corrected chi connectivity index (χ0v) is 6.07. The van der Waals surface area contributed by atoms with Crippen LogP contribution in [-0.2, 0) is 0 Å². The Labute approximate surface area is 64.6 Å². The molecule has 0 amide bonds. The Kier molecular flexibility index (Phi) is 2.11. The van der Waals surface area contributed by atoms with E-state index in [2.05, 4.69) is 11.2 Å². The quantitative estimate of drug-likeness (QED) is 0.275. The summed E-state index contributed by atoms with van der Waals surface area (Å²) in [6, 6.07) is 7.31. The molecule has 3 heteroatoms. The molecule has 0 bridgehead atoms. The van der Waals surface area contributed by atoms with Gasteiger partial charge in [0.05, 0.1) is 0 Å². The molecule has 0 aromatic heterocycles. The molecule has 1 aromatic carbocycles. The highest BCUT2D eigenvalue weighted by Gasteiger charge is 1.86. The second kappa shape index (κ2) is 3.05. The van der Waals surface area contributed by atoms with Crippen molar-refractivity contribution in [1.29, 1.82) is 0 Å². The summed E-state index contributed by atoms with van der Waals surface area (Å²) in [4.78, 5) is 0. The maximum absolute atomic E-state index is 8.88. The van der Waals surface area contributed by atoms with Crippen LogP contribution < -0.4 is 0 Å². The molecule has 0 aliphatic heterocycles. The number of phenols is 1. The van der Waals surface area contributed by atoms with E-state index in [9.17, 15) is 0 Å². The van der Waals surface area contributed by atoms with Gasteiger partial charge in [0.15, 0.2) is 0 Å². The van der Waals surface area contributed by atoms with Gasteiger partial charge in [0.2, 0.25) is 0 Å². The van der Waals surface area contributed by atoms with Crippen molar-refractivity contribution in [3.63, 3.8) is 0 Å². The van der Waals surface area contributed by atoms with E-state index in [0.29, 0.717) is 11.3 Å². The third kappa shape index (κ3) is 1.70. The highest BCUT2D eigenvalue weighted by atomic mass is 16.4. The van der Waals surface area contributed by atoms with Crippen molar-refractivity contribution in [3.8, 4) is 5.75 Å². The molecule has 0 saturated carbocycles. The van der Waals surface area contributed by atoms with Gasteiger partial charge in [-0.3, -0.25) is 0 Å². The van der Waals surface area contributed by atoms with Crippen LogP contribution in [0.15, 0.2) is 23.4 Å². The van der Waals surface area contributed by atoms with Crippen LogP contribution in [0.25, 0.3) is 0 Å². The Morgan fingerprint density at radius 1 is 1.55 bits per heavy atom. The minimum atomic E-state index is 0.152. The van der Waals surface area contributed by atoms with Crippen LogP contribution in [0, 0.1) is 6.07 Å². The smallest absolute Gasteiger partial charge is 0.0319 e. The minimum Gasteiger partial charge on any atom is -0.551 e. The molecule has 0 atom stereocenters. The fraction of sp³-hybridized carbons (Fsp3) is 0.125. The van der Waals surface area contributed by atoms with Gasteiger partial charge in [-0.2, -0.15) is 0 Å². The molecule has 3 nitrogen and oxygen atoms in total. The summed E-state index contributed by atoms with van der Waals surface area (Å²) in [5.74, 6) is 0.152. The van der Waals surface area contributed by atoms with Gasteiger partial charge in [-0.05, 0) is 0 Å². The van der Waals surface area contributed by atoms with Crippen molar-refractivity contribution in [2.24, 2.45) is 5.16 Å². The van der Waals surface area contributed by atoms with E-state index in [1.807, 2.05) is 0 Å². The number of phenolic OH excluding ortho intramolecular Hbond substituents is 1. The fourth-order valence-corrected chi connectivity index (χ4v) is 0.696. The Balaban J connectivity index is 2.99. The lowest BCUT2D eigenvalue weighted by Gasteiger charge is -2.05. The maximum atomic E-state index is 8.88. The molecule has 0 unspecified atom stereocenters. The van der Waals surface area contributed by atoms with E-state index >= 15 is 0 Å². The molecule has 1 rings (SSSR count). The van der Waals surface area contributed by atoms with Crippen molar-refractivity contribution in [1.82, 2.24) is 0 Å². The van der Waals surface area contributed by atoms with E-state index in [1.54, 1.807) is 13.0 Å². The number of nitrogens with zero attached hydrogens (tertiary/aromatic N) is 1. The largest absolute Gasteiger partial charge is 0.551 e. The van der Waals surface area contributed by atoms with Gasteiger partial charge in [-0.25, -0.2) is 0 Å². The topological polar surface area (TPSA) is 52.8 Å². The Bertz CT molecular complexity index is 264. The van der Waals surface area contributed by atoms with Crippen LogP contribution in [0.4, 0.5) is 0 Å². The molecule has 0 fully saturated rings. The molecule has 0 aliphatic rings. The van der Waals surface area contributed by atoms with Gasteiger partial charge < -0.3 is 10.3 Å². The number of benzene rings is 1. The Morgan fingerprint density at radius 2 is 2.27 bits per heavy atom. The monoisotopic (exact) mass is 150 g/mol. The first-order valence-corrected chi connectivity index (χ1v) is 3.14. The number of aromatic hydroxyl groups is 1. The predicted octanol–water partition coefficient (Wildman–Crippen LogP) is 1.39.